The van der Waals surface area contributed by atoms with E-state index in [0.717, 1.165) is 12.8 Å². The molecule has 3 N–H and O–H groups in total. The highest BCUT2D eigenvalue weighted by Crippen LogP contribution is 2.21. The highest BCUT2D eigenvalue weighted by molar-refractivity contribution is 7.11. The van der Waals surface area contributed by atoms with Crippen molar-refractivity contribution in [3.8, 4) is 0 Å². The summed E-state index contributed by atoms with van der Waals surface area (Å²) in [6.07, 6.45) is 3.36. The second kappa shape index (κ2) is 7.00. The molecule has 1 saturated heterocycles. The fourth-order valence-corrected chi connectivity index (χ4v) is 3.15. The molecule has 2 amide bonds. The number of aromatic nitrogens is 1. The van der Waals surface area contributed by atoms with Crippen LogP contribution in [0.3, 0.4) is 0 Å². The molecule has 0 aromatic carbocycles. The van der Waals surface area contributed by atoms with Crippen LogP contribution in [0.15, 0.2) is 11.7 Å². The number of nitrogens with two attached hydrogens (primary N) is 1. The van der Waals surface area contributed by atoms with E-state index in [4.69, 9.17) is 5.73 Å². The van der Waals surface area contributed by atoms with Crippen molar-refractivity contribution in [3.05, 3.63) is 16.6 Å². The van der Waals surface area contributed by atoms with E-state index in [1.807, 2.05) is 11.8 Å². The van der Waals surface area contributed by atoms with Crippen LogP contribution in [0.2, 0.25) is 0 Å². The zero-order valence-electron chi connectivity index (χ0n) is 12.4. The van der Waals surface area contributed by atoms with Crippen molar-refractivity contribution in [2.45, 2.75) is 38.8 Å². The van der Waals surface area contributed by atoms with Crippen LogP contribution in [-0.2, 0) is 4.79 Å². The van der Waals surface area contributed by atoms with E-state index in [9.17, 15) is 9.59 Å². The van der Waals surface area contributed by atoms with Gasteiger partial charge in [0.1, 0.15) is 4.88 Å². The molecular weight excluding hydrogens is 288 g/mol. The highest BCUT2D eigenvalue weighted by Gasteiger charge is 2.28. The quantitative estimate of drug-likeness (QED) is 0.863. The molecule has 0 radical (unpaired) electrons. The van der Waals surface area contributed by atoms with E-state index in [2.05, 4.69) is 10.3 Å². The average Bonchev–Trinajstić information content (AvgIpc) is 3.00. The lowest BCUT2D eigenvalue weighted by Crippen LogP contribution is -2.49. The molecule has 1 aromatic heterocycles. The first-order valence-electron chi connectivity index (χ1n) is 7.22. The highest BCUT2D eigenvalue weighted by atomic mass is 32.1. The Labute approximate surface area is 128 Å². The van der Waals surface area contributed by atoms with Gasteiger partial charge in [0.15, 0.2) is 0 Å². The Bertz CT molecular complexity index is 481. The monoisotopic (exact) mass is 310 g/mol. The topological polar surface area (TPSA) is 88.3 Å². The van der Waals surface area contributed by atoms with Gasteiger partial charge in [-0.3, -0.25) is 14.6 Å². The SMILES string of the molecule is CC(N)C(=O)N1CCC(C(C)NC(=O)c2cncs2)CC1. The van der Waals surface area contributed by atoms with Gasteiger partial charge < -0.3 is 16.0 Å². The summed E-state index contributed by atoms with van der Waals surface area (Å²) >= 11 is 1.34. The van der Waals surface area contributed by atoms with Gasteiger partial charge in [0.25, 0.3) is 5.91 Å². The second-order valence-electron chi connectivity index (χ2n) is 5.58. The van der Waals surface area contributed by atoms with Crippen molar-refractivity contribution >= 4 is 23.2 Å². The molecule has 2 heterocycles. The Morgan fingerprint density at radius 1 is 1.43 bits per heavy atom. The molecule has 2 rings (SSSR count). The standard InChI is InChI=1S/C14H22N4O2S/c1-9(15)14(20)18-5-3-11(4-6-18)10(2)17-13(19)12-7-16-8-21-12/h7-11H,3-6,15H2,1-2H3,(H,17,19). The molecule has 0 bridgehead atoms. The van der Waals surface area contributed by atoms with Crippen LogP contribution in [0.4, 0.5) is 0 Å². The van der Waals surface area contributed by atoms with Crippen molar-refractivity contribution < 1.29 is 9.59 Å². The molecule has 0 spiro atoms. The summed E-state index contributed by atoms with van der Waals surface area (Å²) < 4.78 is 0. The zero-order chi connectivity index (χ0) is 15.4. The number of carbonyl (C=O) groups excluding carboxylic acids is 2. The predicted octanol–water partition coefficient (Wildman–Crippen LogP) is 0.847. The lowest BCUT2D eigenvalue weighted by atomic mass is 9.90. The minimum absolute atomic E-state index is 0.00907. The first-order valence-corrected chi connectivity index (χ1v) is 8.10. The van der Waals surface area contributed by atoms with Gasteiger partial charge in [-0.05, 0) is 32.6 Å². The van der Waals surface area contributed by atoms with Crippen LogP contribution in [-0.4, -0.2) is 46.9 Å². The van der Waals surface area contributed by atoms with E-state index in [-0.39, 0.29) is 17.9 Å². The number of rotatable bonds is 4. The summed E-state index contributed by atoms with van der Waals surface area (Å²) in [5.41, 5.74) is 7.28. The van der Waals surface area contributed by atoms with E-state index in [1.165, 1.54) is 11.3 Å². The molecule has 21 heavy (non-hydrogen) atoms. The third-order valence-corrected chi connectivity index (χ3v) is 4.73. The molecule has 0 aliphatic carbocycles. The Kier molecular flexibility index (Phi) is 5.30. The maximum Gasteiger partial charge on any atom is 0.263 e. The van der Waals surface area contributed by atoms with Crippen LogP contribution in [0.5, 0.6) is 0 Å². The van der Waals surface area contributed by atoms with Gasteiger partial charge in [0.05, 0.1) is 17.7 Å². The van der Waals surface area contributed by atoms with Gasteiger partial charge in [-0.15, -0.1) is 11.3 Å². The van der Waals surface area contributed by atoms with Crippen LogP contribution < -0.4 is 11.1 Å². The number of thiazole rings is 1. The van der Waals surface area contributed by atoms with Crippen molar-refractivity contribution in [1.29, 1.82) is 0 Å². The van der Waals surface area contributed by atoms with E-state index >= 15 is 0 Å². The average molecular weight is 310 g/mol. The van der Waals surface area contributed by atoms with Gasteiger partial charge in [-0.1, -0.05) is 0 Å². The zero-order valence-corrected chi connectivity index (χ0v) is 13.2. The molecule has 1 fully saturated rings. The van der Waals surface area contributed by atoms with E-state index < -0.39 is 6.04 Å². The Balaban J connectivity index is 1.82. The Morgan fingerprint density at radius 3 is 2.62 bits per heavy atom. The summed E-state index contributed by atoms with van der Waals surface area (Å²) in [5.74, 6) is 0.327. The molecule has 6 nitrogen and oxygen atoms in total. The first kappa shape index (κ1) is 15.9. The summed E-state index contributed by atoms with van der Waals surface area (Å²) in [4.78, 5) is 30.2. The predicted molar refractivity (Wildman–Crippen MR) is 82.0 cm³/mol. The number of carbonyl (C=O) groups is 2. The maximum atomic E-state index is 12.0. The van der Waals surface area contributed by atoms with Gasteiger partial charge >= 0.3 is 0 Å². The lowest BCUT2D eigenvalue weighted by Gasteiger charge is -2.35. The second-order valence-corrected chi connectivity index (χ2v) is 6.47. The minimum Gasteiger partial charge on any atom is -0.349 e. The largest absolute Gasteiger partial charge is 0.349 e. The lowest BCUT2D eigenvalue weighted by molar-refractivity contribution is -0.133. The molecule has 2 unspecified atom stereocenters. The fourth-order valence-electron chi connectivity index (χ4n) is 2.63. The number of nitrogens with zero attached hydrogens (tertiary/aromatic N) is 2. The van der Waals surface area contributed by atoms with Crippen LogP contribution in [0.25, 0.3) is 0 Å². The van der Waals surface area contributed by atoms with Crippen LogP contribution in [0.1, 0.15) is 36.4 Å². The van der Waals surface area contributed by atoms with Crippen molar-refractivity contribution in [3.63, 3.8) is 0 Å². The smallest absolute Gasteiger partial charge is 0.263 e. The van der Waals surface area contributed by atoms with Gasteiger partial charge in [-0.2, -0.15) is 0 Å². The molecule has 116 valence electrons. The summed E-state index contributed by atoms with van der Waals surface area (Å²) in [5, 5.41) is 3.02. The van der Waals surface area contributed by atoms with Crippen molar-refractivity contribution in [2.24, 2.45) is 11.7 Å². The van der Waals surface area contributed by atoms with Crippen LogP contribution >= 0.6 is 11.3 Å². The normalized spacial score (nSPS) is 19.1. The van der Waals surface area contributed by atoms with Gasteiger partial charge in [-0.25, -0.2) is 0 Å². The number of likely N-dealkylation sites (tertiary alicyclic amines) is 1. The van der Waals surface area contributed by atoms with E-state index in [1.54, 1.807) is 18.6 Å². The van der Waals surface area contributed by atoms with Gasteiger partial charge in [0, 0.05) is 19.1 Å². The van der Waals surface area contributed by atoms with Crippen molar-refractivity contribution in [1.82, 2.24) is 15.2 Å². The molecule has 1 aliphatic heterocycles. The number of hydrogen-bond acceptors (Lipinski definition) is 5. The molecule has 7 heteroatoms. The number of amides is 2. The summed E-state index contributed by atoms with van der Waals surface area (Å²) in [6.45, 7) is 5.16. The Morgan fingerprint density at radius 2 is 2.10 bits per heavy atom. The third kappa shape index (κ3) is 4.01. The molecule has 2 atom stereocenters. The van der Waals surface area contributed by atoms with Crippen molar-refractivity contribution in [2.75, 3.05) is 13.1 Å². The summed E-state index contributed by atoms with van der Waals surface area (Å²) in [6, 6.07) is -0.350. The van der Waals surface area contributed by atoms with Gasteiger partial charge in [0.2, 0.25) is 5.91 Å². The number of hydrogen-bond donors (Lipinski definition) is 2. The summed E-state index contributed by atoms with van der Waals surface area (Å²) in [7, 11) is 0. The molecule has 0 saturated carbocycles. The first-order chi connectivity index (χ1) is 9.99. The molecular formula is C14H22N4O2S. The Hall–Kier alpha value is -1.47. The molecule has 1 aromatic rings. The molecule has 1 aliphatic rings. The third-order valence-electron chi connectivity index (χ3n) is 3.96. The minimum atomic E-state index is -0.440. The number of nitrogens with one attached hydrogen (secondary N) is 1. The maximum absolute atomic E-state index is 12.0. The fraction of sp³-hybridized carbons (Fsp3) is 0.643. The number of piperidine rings is 1. The van der Waals surface area contributed by atoms with Crippen LogP contribution in [0, 0.1) is 5.92 Å². The van der Waals surface area contributed by atoms with E-state index in [0.29, 0.717) is 23.9 Å².